The van der Waals surface area contributed by atoms with E-state index in [2.05, 4.69) is 0 Å². The van der Waals surface area contributed by atoms with Crippen LogP contribution in [0.5, 0.6) is 5.75 Å². The largest absolute Gasteiger partial charge is 0.483 e. The Morgan fingerprint density at radius 1 is 0.911 bits per heavy atom. The lowest BCUT2D eigenvalue weighted by molar-refractivity contribution is -0.188. The zero-order valence-corrected chi connectivity index (χ0v) is 26.1. The molecule has 0 unspecified atom stereocenters. The van der Waals surface area contributed by atoms with Crippen molar-refractivity contribution in [3.63, 3.8) is 0 Å². The van der Waals surface area contributed by atoms with Gasteiger partial charge in [-0.15, -0.1) is 0 Å². The Kier molecular flexibility index (Phi) is 9.76. The number of esters is 2. The summed E-state index contributed by atoms with van der Waals surface area (Å²) in [5, 5.41) is 19.8. The Labute approximate surface area is 261 Å². The first-order valence-electron chi connectivity index (χ1n) is 15.3. The molecule has 10 heteroatoms. The highest BCUT2D eigenvalue weighted by Crippen LogP contribution is 2.47. The van der Waals surface area contributed by atoms with Gasteiger partial charge in [0, 0.05) is 29.4 Å². The van der Waals surface area contributed by atoms with Crippen molar-refractivity contribution < 1.29 is 43.2 Å². The van der Waals surface area contributed by atoms with Gasteiger partial charge < -0.3 is 33.6 Å². The molecule has 2 aromatic carbocycles. The molecule has 10 nitrogen and oxygen atoms in total. The second-order valence-electron chi connectivity index (χ2n) is 12.2. The number of hydrogen-bond acceptors (Lipinski definition) is 10. The third-order valence-electron chi connectivity index (χ3n) is 8.53. The molecule has 0 amide bonds. The maximum absolute atomic E-state index is 13.8. The van der Waals surface area contributed by atoms with Gasteiger partial charge in [-0.05, 0) is 82.2 Å². The number of carbonyl (C=O) groups is 2. The van der Waals surface area contributed by atoms with E-state index in [1.807, 2.05) is 38.1 Å². The summed E-state index contributed by atoms with van der Waals surface area (Å²) >= 11 is 0. The molecule has 2 atom stereocenters. The zero-order valence-electron chi connectivity index (χ0n) is 26.1. The van der Waals surface area contributed by atoms with Gasteiger partial charge >= 0.3 is 17.6 Å². The molecule has 0 spiro atoms. The van der Waals surface area contributed by atoms with Crippen molar-refractivity contribution in [2.45, 2.75) is 90.6 Å². The summed E-state index contributed by atoms with van der Waals surface area (Å²) in [6.45, 7) is 6.26. The van der Waals surface area contributed by atoms with Gasteiger partial charge in [0.15, 0.2) is 12.2 Å². The highest BCUT2D eigenvalue weighted by molar-refractivity contribution is 5.90. The number of carbonyl (C=O) groups excluding carboxylic acids is 2. The molecule has 0 saturated heterocycles. The molecule has 240 valence electrons. The Balaban J connectivity index is 1.64. The summed E-state index contributed by atoms with van der Waals surface area (Å²) in [4.78, 5) is 40.5. The number of ether oxygens (including phenoxy) is 4. The molecule has 0 saturated carbocycles. The Morgan fingerprint density at radius 2 is 1.62 bits per heavy atom. The highest BCUT2D eigenvalue weighted by atomic mass is 16.6. The number of allylic oxidation sites excluding steroid dienone is 1. The Hall–Kier alpha value is -3.99. The van der Waals surface area contributed by atoms with Crippen LogP contribution in [0.2, 0.25) is 0 Å². The van der Waals surface area contributed by atoms with Gasteiger partial charge in [0.05, 0.1) is 18.8 Å². The molecule has 0 aliphatic carbocycles. The average molecular weight is 621 g/mol. The number of aryl methyl sites for hydroxylation is 2. The van der Waals surface area contributed by atoms with Gasteiger partial charge in [0.25, 0.3) is 0 Å². The van der Waals surface area contributed by atoms with Crippen molar-refractivity contribution in [3.8, 4) is 5.75 Å². The Morgan fingerprint density at radius 3 is 2.29 bits per heavy atom. The second kappa shape index (κ2) is 13.6. The van der Waals surface area contributed by atoms with Gasteiger partial charge in [0.2, 0.25) is 0 Å². The number of aliphatic hydroxyl groups excluding tert-OH is 2. The Bertz CT molecular complexity index is 1660. The topological polar surface area (TPSA) is 142 Å². The first kappa shape index (κ1) is 32.4. The molecule has 2 bridgehead atoms. The summed E-state index contributed by atoms with van der Waals surface area (Å²) in [6.07, 6.45) is 0.261. The lowest BCUT2D eigenvalue weighted by Crippen LogP contribution is -2.52. The molecule has 3 aliphatic rings. The fourth-order valence-electron chi connectivity index (χ4n) is 6.10. The molecule has 2 N–H and O–H groups in total. The quantitative estimate of drug-likeness (QED) is 0.135. The molecule has 0 fully saturated rings. The normalized spacial score (nSPS) is 20.2. The standard InChI is InChI=1S/C35H40O10/c1-20(2)23-13-12-22-10-8-21(9-11-22)6-5-7-28(38)42-31-29-27(45-35(3,4)32(31)44-33(23)39)15-14-24-26(18-36)25(16-17-41-19-37)34(40)43-30(24)29/h8-11,14-15,31-32,36-37H,5-7,12-13,16-19H2,1-4H3/t31-,32+/m1/s1. The molecule has 0 radical (unpaired) electrons. The molecule has 45 heavy (non-hydrogen) atoms. The van der Waals surface area contributed by atoms with Crippen LogP contribution >= 0.6 is 0 Å². The van der Waals surface area contributed by atoms with Crippen LogP contribution in [-0.2, 0) is 49.7 Å². The van der Waals surface area contributed by atoms with E-state index in [1.165, 1.54) is 0 Å². The zero-order chi connectivity index (χ0) is 32.3. The van der Waals surface area contributed by atoms with Crippen LogP contribution in [0.3, 0.4) is 0 Å². The minimum Gasteiger partial charge on any atom is -0.483 e. The van der Waals surface area contributed by atoms with Crippen LogP contribution in [0, 0.1) is 0 Å². The SMILES string of the molecule is CC(C)=C1CCc2ccc(cc2)CCCC(=O)O[C@@H]2c3c(ccc4c(CO)c(CCOCO)c(=O)oc34)OC(C)(C)[C@H]2OC1=O. The van der Waals surface area contributed by atoms with E-state index in [0.717, 1.165) is 16.7 Å². The number of benzene rings is 2. The third-order valence-corrected chi connectivity index (χ3v) is 8.53. The number of rotatable bonds is 5. The van der Waals surface area contributed by atoms with Crippen LogP contribution in [0.1, 0.15) is 80.9 Å². The minimum absolute atomic E-state index is 0.0386. The molecule has 3 aromatic rings. The number of hydrogen-bond donors (Lipinski definition) is 2. The molecule has 1 aromatic heterocycles. The van der Waals surface area contributed by atoms with E-state index in [9.17, 15) is 19.5 Å². The molecule has 4 heterocycles. The van der Waals surface area contributed by atoms with Crippen LogP contribution in [-0.4, -0.2) is 47.3 Å². The van der Waals surface area contributed by atoms with E-state index >= 15 is 0 Å². The summed E-state index contributed by atoms with van der Waals surface area (Å²) in [5.41, 5.74) is 2.50. The van der Waals surface area contributed by atoms with Crippen molar-refractivity contribution in [3.05, 3.63) is 85.8 Å². The van der Waals surface area contributed by atoms with Crippen LogP contribution in [0.15, 0.2) is 56.8 Å². The predicted molar refractivity (Wildman–Crippen MR) is 165 cm³/mol. The summed E-state index contributed by atoms with van der Waals surface area (Å²) in [7, 11) is 0. The van der Waals surface area contributed by atoms with Gasteiger partial charge in [-0.3, -0.25) is 4.79 Å². The van der Waals surface area contributed by atoms with Crippen molar-refractivity contribution in [2.24, 2.45) is 0 Å². The molecular formula is C35H40O10. The fourth-order valence-corrected chi connectivity index (χ4v) is 6.10. The smallest absolute Gasteiger partial charge is 0.339 e. The van der Waals surface area contributed by atoms with Crippen molar-refractivity contribution in [1.29, 1.82) is 0 Å². The van der Waals surface area contributed by atoms with Crippen LogP contribution in [0.4, 0.5) is 0 Å². The van der Waals surface area contributed by atoms with Crippen molar-refractivity contribution >= 4 is 22.9 Å². The maximum atomic E-state index is 13.8. The minimum atomic E-state index is -1.17. The third kappa shape index (κ3) is 6.83. The first-order valence-corrected chi connectivity index (χ1v) is 15.3. The van der Waals surface area contributed by atoms with Crippen LogP contribution in [0.25, 0.3) is 11.0 Å². The lowest BCUT2D eigenvalue weighted by Gasteiger charge is -2.43. The monoisotopic (exact) mass is 620 g/mol. The lowest BCUT2D eigenvalue weighted by atomic mass is 9.86. The van der Waals surface area contributed by atoms with Gasteiger partial charge in [0.1, 0.15) is 23.7 Å². The predicted octanol–water partition coefficient (Wildman–Crippen LogP) is 4.77. The first-order chi connectivity index (χ1) is 21.5. The van der Waals surface area contributed by atoms with Gasteiger partial charge in [-0.1, -0.05) is 29.8 Å². The van der Waals surface area contributed by atoms with Crippen molar-refractivity contribution in [1.82, 2.24) is 0 Å². The van der Waals surface area contributed by atoms with Crippen molar-refractivity contribution in [2.75, 3.05) is 13.4 Å². The fraction of sp³-hybridized carbons (Fsp3) is 0.457. The molecule has 3 aliphatic heterocycles. The van der Waals surface area contributed by atoms with Crippen LogP contribution < -0.4 is 10.4 Å². The summed E-state index contributed by atoms with van der Waals surface area (Å²) in [6, 6.07) is 11.5. The molecule has 6 rings (SSSR count). The number of fused-ring (bicyclic) bond motifs is 13. The van der Waals surface area contributed by atoms with Gasteiger partial charge in [-0.25, -0.2) is 9.59 Å². The maximum Gasteiger partial charge on any atom is 0.339 e. The highest BCUT2D eigenvalue weighted by Gasteiger charge is 2.50. The van der Waals surface area contributed by atoms with E-state index < -0.39 is 48.8 Å². The average Bonchev–Trinajstić information content (AvgIpc) is 2.99. The van der Waals surface area contributed by atoms with Gasteiger partial charge in [-0.2, -0.15) is 0 Å². The van der Waals surface area contributed by atoms with E-state index in [0.29, 0.717) is 48.0 Å². The second-order valence-corrected chi connectivity index (χ2v) is 12.2. The summed E-state index contributed by atoms with van der Waals surface area (Å²) < 4.78 is 29.5. The van der Waals surface area contributed by atoms with E-state index in [1.54, 1.807) is 26.0 Å². The summed E-state index contributed by atoms with van der Waals surface area (Å²) in [5.74, 6) is -0.749. The van der Waals surface area contributed by atoms with E-state index in [-0.39, 0.29) is 36.2 Å². The number of aliphatic hydroxyl groups is 2. The molecular weight excluding hydrogens is 580 g/mol. The van der Waals surface area contributed by atoms with E-state index in [4.69, 9.17) is 28.5 Å².